The van der Waals surface area contributed by atoms with Gasteiger partial charge in [0.05, 0.1) is 22.1 Å². The monoisotopic (exact) mass is 497 g/mol. The summed E-state index contributed by atoms with van der Waals surface area (Å²) in [6.07, 6.45) is 0.0793. The lowest BCUT2D eigenvalue weighted by atomic mass is 10.1. The molecule has 3 aromatic carbocycles. The van der Waals surface area contributed by atoms with Crippen molar-refractivity contribution in [2.45, 2.75) is 38.1 Å². The molecule has 9 nitrogen and oxygen atoms in total. The van der Waals surface area contributed by atoms with E-state index in [9.17, 15) is 23.3 Å². The Morgan fingerprint density at radius 1 is 1.03 bits per heavy atom. The van der Waals surface area contributed by atoms with Gasteiger partial charge < -0.3 is 10.1 Å². The number of ether oxygens (including phenoxy) is 1. The van der Waals surface area contributed by atoms with Gasteiger partial charge in [0.25, 0.3) is 5.69 Å². The van der Waals surface area contributed by atoms with Gasteiger partial charge in [-0.1, -0.05) is 36.4 Å². The van der Waals surface area contributed by atoms with Gasteiger partial charge in [0.1, 0.15) is 11.8 Å². The van der Waals surface area contributed by atoms with Gasteiger partial charge in [-0.25, -0.2) is 8.42 Å². The zero-order valence-electron chi connectivity index (χ0n) is 19.6. The molecule has 0 heterocycles. The van der Waals surface area contributed by atoms with E-state index in [1.807, 2.05) is 13.0 Å². The molecule has 0 saturated carbocycles. The van der Waals surface area contributed by atoms with E-state index in [-0.39, 0.29) is 22.7 Å². The summed E-state index contributed by atoms with van der Waals surface area (Å²) in [5, 5.41) is 13.8. The molecule has 0 aliphatic heterocycles. The Bertz CT molecular complexity index is 1330. The van der Waals surface area contributed by atoms with Gasteiger partial charge in [0, 0.05) is 12.1 Å². The number of non-ortho nitro benzene ring substituents is 1. The Morgan fingerprint density at radius 3 is 2.37 bits per heavy atom. The highest BCUT2D eigenvalue weighted by Crippen LogP contribution is 2.24. The number of hydrogen-bond donors (Lipinski definition) is 2. The fourth-order valence-corrected chi connectivity index (χ4v) is 4.76. The van der Waals surface area contributed by atoms with Gasteiger partial charge in [0.15, 0.2) is 0 Å². The van der Waals surface area contributed by atoms with Crippen LogP contribution in [-0.2, 0) is 21.2 Å². The van der Waals surface area contributed by atoms with Crippen molar-refractivity contribution in [3.63, 3.8) is 0 Å². The lowest BCUT2D eigenvalue weighted by Crippen LogP contribution is -2.45. The molecule has 35 heavy (non-hydrogen) atoms. The van der Waals surface area contributed by atoms with Crippen molar-refractivity contribution < 1.29 is 22.9 Å². The van der Waals surface area contributed by atoms with Gasteiger partial charge in [0.2, 0.25) is 15.9 Å². The second kappa shape index (κ2) is 11.1. The average Bonchev–Trinajstić information content (AvgIpc) is 2.81. The molecule has 1 unspecified atom stereocenters. The standard InChI is InChI=1S/C25H27N3O6S/c1-4-34-24-13-12-21(14-18(24)3)35(32,33)27-23(15-19-8-6-5-7-9-19)25(29)26-22-16-20(28(30)31)11-10-17(22)2/h5-14,16,23,27H,4,15H2,1-3H3,(H,26,29). The van der Waals surface area contributed by atoms with E-state index in [4.69, 9.17) is 4.74 Å². The van der Waals surface area contributed by atoms with Gasteiger partial charge in [-0.3, -0.25) is 14.9 Å². The van der Waals surface area contributed by atoms with Crippen molar-refractivity contribution in [1.82, 2.24) is 4.72 Å². The van der Waals surface area contributed by atoms with Crippen LogP contribution >= 0.6 is 0 Å². The fourth-order valence-electron chi connectivity index (χ4n) is 3.48. The number of aryl methyl sites for hydroxylation is 2. The summed E-state index contributed by atoms with van der Waals surface area (Å²) in [5.74, 6) is -0.0603. The maximum absolute atomic E-state index is 13.2. The zero-order chi connectivity index (χ0) is 25.6. The van der Waals surface area contributed by atoms with Crippen molar-refractivity contribution >= 4 is 27.3 Å². The fraction of sp³-hybridized carbons (Fsp3) is 0.240. The van der Waals surface area contributed by atoms with Crippen LogP contribution in [0.3, 0.4) is 0 Å². The number of nitrogens with zero attached hydrogens (tertiary/aromatic N) is 1. The summed E-state index contributed by atoms with van der Waals surface area (Å²) < 4.78 is 34.4. The minimum absolute atomic E-state index is 0.00385. The van der Waals surface area contributed by atoms with Crippen molar-refractivity contribution in [3.05, 3.63) is 93.5 Å². The van der Waals surface area contributed by atoms with Crippen LogP contribution < -0.4 is 14.8 Å². The van der Waals surface area contributed by atoms with Crippen LogP contribution in [0.4, 0.5) is 11.4 Å². The number of carbonyl (C=O) groups excluding carboxylic acids is 1. The van der Waals surface area contributed by atoms with E-state index in [0.717, 1.165) is 5.56 Å². The number of rotatable bonds is 10. The summed E-state index contributed by atoms with van der Waals surface area (Å²) in [6, 6.07) is 16.4. The van der Waals surface area contributed by atoms with E-state index in [0.29, 0.717) is 23.5 Å². The number of hydrogen-bond acceptors (Lipinski definition) is 6. The SMILES string of the molecule is CCOc1ccc(S(=O)(=O)NC(Cc2ccccc2)C(=O)Nc2cc([N+](=O)[O-])ccc2C)cc1C. The first-order chi connectivity index (χ1) is 16.6. The van der Waals surface area contributed by atoms with Crippen LogP contribution in [0.2, 0.25) is 0 Å². The molecule has 0 saturated heterocycles. The van der Waals surface area contributed by atoms with Crippen LogP contribution in [0.15, 0.2) is 71.6 Å². The van der Waals surface area contributed by atoms with Gasteiger partial charge >= 0.3 is 0 Å². The summed E-state index contributed by atoms with van der Waals surface area (Å²) in [6.45, 7) is 5.71. The lowest BCUT2D eigenvalue weighted by molar-refractivity contribution is -0.384. The molecule has 1 atom stereocenters. The highest BCUT2D eigenvalue weighted by Gasteiger charge is 2.27. The smallest absolute Gasteiger partial charge is 0.271 e. The lowest BCUT2D eigenvalue weighted by Gasteiger charge is -2.20. The van der Waals surface area contributed by atoms with Crippen LogP contribution in [0.5, 0.6) is 5.75 Å². The molecule has 2 N–H and O–H groups in total. The third-order valence-electron chi connectivity index (χ3n) is 5.34. The normalized spacial score (nSPS) is 12.1. The van der Waals surface area contributed by atoms with Crippen LogP contribution in [-0.4, -0.2) is 31.9 Å². The molecule has 0 aliphatic carbocycles. The second-order valence-electron chi connectivity index (χ2n) is 7.97. The number of benzene rings is 3. The van der Waals surface area contributed by atoms with E-state index >= 15 is 0 Å². The topological polar surface area (TPSA) is 128 Å². The van der Waals surface area contributed by atoms with Gasteiger partial charge in [-0.15, -0.1) is 0 Å². The maximum Gasteiger partial charge on any atom is 0.271 e. The van der Waals surface area contributed by atoms with Crippen LogP contribution in [0.25, 0.3) is 0 Å². The number of anilines is 1. The third kappa shape index (κ3) is 6.65. The van der Waals surface area contributed by atoms with Crippen LogP contribution in [0, 0.1) is 24.0 Å². The number of amides is 1. The molecule has 1 amide bonds. The van der Waals surface area contributed by atoms with Crippen molar-refractivity contribution in [2.75, 3.05) is 11.9 Å². The molecular weight excluding hydrogens is 470 g/mol. The molecule has 0 radical (unpaired) electrons. The Morgan fingerprint density at radius 2 is 1.74 bits per heavy atom. The Balaban J connectivity index is 1.91. The molecule has 0 aromatic heterocycles. The Kier molecular flexibility index (Phi) is 8.21. The maximum atomic E-state index is 13.2. The average molecular weight is 498 g/mol. The third-order valence-corrected chi connectivity index (χ3v) is 6.81. The zero-order valence-corrected chi connectivity index (χ0v) is 20.5. The molecular formula is C25H27N3O6S. The first-order valence-corrected chi connectivity index (χ1v) is 12.4. The highest BCUT2D eigenvalue weighted by atomic mass is 32.2. The quantitative estimate of drug-likeness (QED) is 0.320. The number of nitro benzene ring substituents is 1. The molecule has 0 aliphatic rings. The molecule has 3 rings (SSSR count). The summed E-state index contributed by atoms with van der Waals surface area (Å²) in [4.78, 5) is 23.8. The van der Waals surface area contributed by atoms with Crippen molar-refractivity contribution in [2.24, 2.45) is 0 Å². The van der Waals surface area contributed by atoms with E-state index in [2.05, 4.69) is 10.0 Å². The van der Waals surface area contributed by atoms with Crippen molar-refractivity contribution in [1.29, 1.82) is 0 Å². The number of nitro groups is 1. The summed E-state index contributed by atoms with van der Waals surface area (Å²) in [7, 11) is -4.08. The first kappa shape index (κ1) is 25.9. The van der Waals surface area contributed by atoms with Crippen LogP contribution in [0.1, 0.15) is 23.6 Å². The first-order valence-electron chi connectivity index (χ1n) is 11.0. The number of sulfonamides is 1. The molecule has 0 spiro atoms. The summed E-state index contributed by atoms with van der Waals surface area (Å²) >= 11 is 0. The second-order valence-corrected chi connectivity index (χ2v) is 9.68. The van der Waals surface area contributed by atoms with E-state index in [1.165, 1.54) is 30.3 Å². The number of nitrogens with one attached hydrogen (secondary N) is 2. The summed E-state index contributed by atoms with van der Waals surface area (Å²) in [5.41, 5.74) is 2.04. The molecule has 3 aromatic rings. The van der Waals surface area contributed by atoms with E-state index in [1.54, 1.807) is 44.2 Å². The highest BCUT2D eigenvalue weighted by molar-refractivity contribution is 7.89. The minimum Gasteiger partial charge on any atom is -0.494 e. The number of carbonyl (C=O) groups is 1. The van der Waals surface area contributed by atoms with Gasteiger partial charge in [-0.05, 0) is 62.1 Å². The van der Waals surface area contributed by atoms with E-state index < -0.39 is 26.9 Å². The van der Waals surface area contributed by atoms with Gasteiger partial charge in [-0.2, -0.15) is 4.72 Å². The van der Waals surface area contributed by atoms with Crippen molar-refractivity contribution in [3.8, 4) is 5.75 Å². The predicted molar refractivity (Wildman–Crippen MR) is 133 cm³/mol. The molecule has 0 fully saturated rings. The Hall–Kier alpha value is -3.76. The molecule has 10 heteroatoms. The molecule has 184 valence electrons. The Labute approximate surface area is 204 Å². The molecule has 0 bridgehead atoms. The largest absolute Gasteiger partial charge is 0.494 e. The minimum atomic E-state index is -4.08. The predicted octanol–water partition coefficient (Wildman–Crippen LogP) is 4.14.